The van der Waals surface area contributed by atoms with Gasteiger partial charge < -0.3 is 10.5 Å². The van der Waals surface area contributed by atoms with Crippen molar-refractivity contribution in [2.45, 2.75) is 25.1 Å². The number of halogens is 1. The largest absolute Gasteiger partial charge is 0.497 e. The summed E-state index contributed by atoms with van der Waals surface area (Å²) >= 11 is 1.70. The zero-order valence-electron chi connectivity index (χ0n) is 9.70. The van der Waals surface area contributed by atoms with Gasteiger partial charge in [-0.2, -0.15) is 11.8 Å². The first-order chi connectivity index (χ1) is 7.63. The van der Waals surface area contributed by atoms with Crippen LogP contribution in [-0.2, 0) is 5.75 Å². The summed E-state index contributed by atoms with van der Waals surface area (Å²) in [6.07, 6.45) is 0.961. The average molecular weight is 243 g/mol. The SMILES string of the molecule is COc1ccc(CSCCC(C)N)c(F)c1. The van der Waals surface area contributed by atoms with Gasteiger partial charge in [-0.15, -0.1) is 0 Å². The fourth-order valence-electron chi connectivity index (χ4n) is 1.22. The van der Waals surface area contributed by atoms with Crippen molar-refractivity contribution in [2.75, 3.05) is 12.9 Å². The molecule has 0 spiro atoms. The number of benzene rings is 1. The molecule has 2 N–H and O–H groups in total. The highest BCUT2D eigenvalue weighted by Crippen LogP contribution is 2.20. The van der Waals surface area contributed by atoms with Crippen molar-refractivity contribution < 1.29 is 9.13 Å². The minimum Gasteiger partial charge on any atom is -0.497 e. The maximum Gasteiger partial charge on any atom is 0.130 e. The molecule has 0 amide bonds. The lowest BCUT2D eigenvalue weighted by Crippen LogP contribution is -2.15. The fourth-order valence-corrected chi connectivity index (χ4v) is 2.36. The monoisotopic (exact) mass is 243 g/mol. The van der Waals surface area contributed by atoms with Gasteiger partial charge in [0.1, 0.15) is 11.6 Å². The van der Waals surface area contributed by atoms with Gasteiger partial charge in [-0.25, -0.2) is 4.39 Å². The Hall–Kier alpha value is -0.740. The minimum absolute atomic E-state index is 0.201. The quantitative estimate of drug-likeness (QED) is 0.780. The predicted molar refractivity (Wildman–Crippen MR) is 67.4 cm³/mol. The molecule has 0 fully saturated rings. The Labute approximate surface area is 100 Å². The maximum atomic E-state index is 13.5. The molecule has 1 rings (SSSR count). The third-order valence-electron chi connectivity index (χ3n) is 2.24. The van der Waals surface area contributed by atoms with E-state index in [2.05, 4.69) is 0 Å². The van der Waals surface area contributed by atoms with Gasteiger partial charge in [0.05, 0.1) is 7.11 Å². The highest BCUT2D eigenvalue weighted by atomic mass is 32.2. The molecule has 2 nitrogen and oxygen atoms in total. The lowest BCUT2D eigenvalue weighted by molar-refractivity contribution is 0.411. The first-order valence-corrected chi connectivity index (χ1v) is 6.44. The van der Waals surface area contributed by atoms with Crippen LogP contribution in [0.3, 0.4) is 0 Å². The van der Waals surface area contributed by atoms with E-state index in [1.807, 2.05) is 6.92 Å². The lowest BCUT2D eigenvalue weighted by Gasteiger charge is -2.07. The van der Waals surface area contributed by atoms with Crippen molar-refractivity contribution in [1.82, 2.24) is 0 Å². The minimum atomic E-state index is -0.201. The molecule has 0 aromatic heterocycles. The molecule has 1 atom stereocenters. The highest BCUT2D eigenvalue weighted by Gasteiger charge is 2.04. The van der Waals surface area contributed by atoms with Crippen LogP contribution < -0.4 is 10.5 Å². The summed E-state index contributed by atoms with van der Waals surface area (Å²) < 4.78 is 18.4. The van der Waals surface area contributed by atoms with Crippen molar-refractivity contribution in [3.63, 3.8) is 0 Å². The molecule has 0 aliphatic heterocycles. The molecule has 0 bridgehead atoms. The molecule has 1 unspecified atom stereocenters. The average Bonchev–Trinajstić information content (AvgIpc) is 2.25. The molecule has 0 saturated heterocycles. The summed E-state index contributed by atoms with van der Waals surface area (Å²) in [7, 11) is 1.53. The second-order valence-corrected chi connectivity index (χ2v) is 4.88. The van der Waals surface area contributed by atoms with Crippen LogP contribution >= 0.6 is 11.8 Å². The van der Waals surface area contributed by atoms with E-state index in [4.69, 9.17) is 10.5 Å². The van der Waals surface area contributed by atoms with E-state index in [1.165, 1.54) is 13.2 Å². The Kier molecular flexibility index (Phi) is 5.63. The lowest BCUT2D eigenvalue weighted by atomic mass is 10.2. The number of ether oxygens (including phenoxy) is 1. The first-order valence-electron chi connectivity index (χ1n) is 5.29. The van der Waals surface area contributed by atoms with Gasteiger partial charge in [0.25, 0.3) is 0 Å². The van der Waals surface area contributed by atoms with Crippen LogP contribution in [0.25, 0.3) is 0 Å². The Balaban J connectivity index is 2.42. The Morgan fingerprint density at radius 1 is 1.50 bits per heavy atom. The molecular weight excluding hydrogens is 225 g/mol. The second kappa shape index (κ2) is 6.76. The normalized spacial score (nSPS) is 12.5. The molecule has 1 aromatic carbocycles. The van der Waals surface area contributed by atoms with Crippen LogP contribution in [-0.4, -0.2) is 18.9 Å². The molecule has 90 valence electrons. The molecule has 0 saturated carbocycles. The maximum absolute atomic E-state index is 13.5. The third-order valence-corrected chi connectivity index (χ3v) is 3.27. The summed E-state index contributed by atoms with van der Waals surface area (Å²) in [4.78, 5) is 0. The number of rotatable bonds is 6. The summed E-state index contributed by atoms with van der Waals surface area (Å²) in [6.45, 7) is 1.98. The van der Waals surface area contributed by atoms with E-state index >= 15 is 0 Å². The van der Waals surface area contributed by atoms with Gasteiger partial charge in [0.2, 0.25) is 0 Å². The van der Waals surface area contributed by atoms with Crippen molar-refractivity contribution >= 4 is 11.8 Å². The van der Waals surface area contributed by atoms with Gasteiger partial charge in [0.15, 0.2) is 0 Å². The van der Waals surface area contributed by atoms with Crippen LogP contribution in [0.15, 0.2) is 18.2 Å². The zero-order chi connectivity index (χ0) is 12.0. The number of nitrogens with two attached hydrogens (primary N) is 1. The second-order valence-electron chi connectivity index (χ2n) is 3.78. The van der Waals surface area contributed by atoms with E-state index in [1.54, 1.807) is 23.9 Å². The molecule has 16 heavy (non-hydrogen) atoms. The van der Waals surface area contributed by atoms with Crippen LogP contribution in [0, 0.1) is 5.82 Å². The van der Waals surface area contributed by atoms with Gasteiger partial charge in [-0.1, -0.05) is 6.07 Å². The van der Waals surface area contributed by atoms with E-state index in [0.29, 0.717) is 11.5 Å². The number of methoxy groups -OCH3 is 1. The number of hydrogen-bond donors (Lipinski definition) is 1. The van der Waals surface area contributed by atoms with Gasteiger partial charge >= 0.3 is 0 Å². The summed E-state index contributed by atoms with van der Waals surface area (Å²) in [5.41, 5.74) is 6.35. The molecule has 0 aliphatic carbocycles. The third kappa shape index (κ3) is 4.41. The van der Waals surface area contributed by atoms with Gasteiger partial charge in [-0.3, -0.25) is 0 Å². The molecule has 1 aromatic rings. The van der Waals surface area contributed by atoms with Crippen molar-refractivity contribution in [3.05, 3.63) is 29.6 Å². The Morgan fingerprint density at radius 2 is 2.25 bits per heavy atom. The topological polar surface area (TPSA) is 35.2 Å². The van der Waals surface area contributed by atoms with E-state index < -0.39 is 0 Å². The molecule has 0 aliphatic rings. The van der Waals surface area contributed by atoms with E-state index in [-0.39, 0.29) is 11.9 Å². The summed E-state index contributed by atoms with van der Waals surface area (Å²) in [5.74, 6) is 2.00. The van der Waals surface area contributed by atoms with Gasteiger partial charge in [0, 0.05) is 17.9 Å². The fraction of sp³-hybridized carbons (Fsp3) is 0.500. The van der Waals surface area contributed by atoms with Crippen LogP contribution in [0.5, 0.6) is 5.75 Å². The number of hydrogen-bond acceptors (Lipinski definition) is 3. The smallest absolute Gasteiger partial charge is 0.130 e. The van der Waals surface area contributed by atoms with E-state index in [0.717, 1.165) is 17.7 Å². The first kappa shape index (κ1) is 13.3. The predicted octanol–water partition coefficient (Wildman–Crippen LogP) is 2.80. The Morgan fingerprint density at radius 3 is 2.81 bits per heavy atom. The Bertz CT molecular complexity index is 331. The zero-order valence-corrected chi connectivity index (χ0v) is 10.5. The van der Waals surface area contributed by atoms with Crippen LogP contribution in [0.4, 0.5) is 4.39 Å². The standard InChI is InChI=1S/C12H18FNOS/c1-9(14)5-6-16-8-10-3-4-11(15-2)7-12(10)13/h3-4,7,9H,5-6,8,14H2,1-2H3. The van der Waals surface area contributed by atoms with Gasteiger partial charge in [-0.05, 0) is 30.7 Å². The number of thioether (sulfide) groups is 1. The molecular formula is C12H18FNOS. The summed E-state index contributed by atoms with van der Waals surface area (Å²) in [6, 6.07) is 5.19. The molecule has 4 heteroatoms. The van der Waals surface area contributed by atoms with Crippen LogP contribution in [0.2, 0.25) is 0 Å². The highest BCUT2D eigenvalue weighted by molar-refractivity contribution is 7.98. The molecule has 0 radical (unpaired) electrons. The van der Waals surface area contributed by atoms with Crippen LogP contribution in [0.1, 0.15) is 18.9 Å². The summed E-state index contributed by atoms with van der Waals surface area (Å²) in [5, 5.41) is 0. The molecule has 0 heterocycles. The van der Waals surface area contributed by atoms with Crippen molar-refractivity contribution in [2.24, 2.45) is 5.73 Å². The van der Waals surface area contributed by atoms with Crippen molar-refractivity contribution in [1.29, 1.82) is 0 Å². The van der Waals surface area contributed by atoms with E-state index in [9.17, 15) is 4.39 Å². The van der Waals surface area contributed by atoms with Crippen molar-refractivity contribution in [3.8, 4) is 5.75 Å².